The molecular weight excluding hydrogens is 454 g/mol. The maximum absolute atomic E-state index is 13.3. The highest BCUT2D eigenvalue weighted by Crippen LogP contribution is 2.33. The Morgan fingerprint density at radius 2 is 2.06 bits per heavy atom. The van der Waals surface area contributed by atoms with E-state index >= 15 is 0 Å². The van der Waals surface area contributed by atoms with Crippen LogP contribution in [-0.4, -0.2) is 42.0 Å². The Kier molecular flexibility index (Phi) is 5.73. The number of hydrogen-bond acceptors (Lipinski definition) is 9. The van der Waals surface area contributed by atoms with E-state index < -0.39 is 12.1 Å². The van der Waals surface area contributed by atoms with Crippen LogP contribution >= 0.6 is 0 Å². The van der Waals surface area contributed by atoms with Crippen LogP contribution in [0.3, 0.4) is 0 Å². The van der Waals surface area contributed by atoms with E-state index in [9.17, 15) is 20.0 Å². The molecule has 0 fully saturated rings. The van der Waals surface area contributed by atoms with E-state index in [0.29, 0.717) is 23.2 Å². The summed E-state index contributed by atoms with van der Waals surface area (Å²) in [4.78, 5) is 38.2. The summed E-state index contributed by atoms with van der Waals surface area (Å²) in [6, 6.07) is 11.7. The molecule has 2 aromatic heterocycles. The van der Waals surface area contributed by atoms with Gasteiger partial charge in [-0.1, -0.05) is 17.3 Å². The van der Waals surface area contributed by atoms with Gasteiger partial charge in [-0.3, -0.25) is 10.0 Å². The van der Waals surface area contributed by atoms with Crippen molar-refractivity contribution in [3.8, 4) is 11.4 Å². The fraction of sp³-hybridized carbons (Fsp3) is 0.174. The molecule has 3 N–H and O–H groups in total. The SMILES string of the molecule is CC(=O)c1ccc(NC(=O)N2Cc3[nH]cnc3C[C@H]2c2nc(-c3cccc(N([O-])O)c3)no2)cc1. The van der Waals surface area contributed by atoms with Gasteiger partial charge in [0.2, 0.25) is 11.7 Å². The van der Waals surface area contributed by atoms with E-state index in [-0.39, 0.29) is 35.0 Å². The van der Waals surface area contributed by atoms with E-state index in [4.69, 9.17) is 4.52 Å². The minimum absolute atomic E-state index is 0.0180. The van der Waals surface area contributed by atoms with Gasteiger partial charge < -0.3 is 30.2 Å². The number of ketones is 1. The number of H-pyrrole nitrogens is 1. The largest absolute Gasteiger partial charge is 0.733 e. The fourth-order valence-electron chi connectivity index (χ4n) is 3.91. The number of hydrogen-bond donors (Lipinski definition) is 3. The number of imidazole rings is 1. The second kappa shape index (κ2) is 9.00. The highest BCUT2D eigenvalue weighted by molar-refractivity contribution is 5.95. The summed E-state index contributed by atoms with van der Waals surface area (Å²) in [5, 5.41) is 27.0. The molecule has 1 aliphatic heterocycles. The molecule has 1 atom stereocenters. The quantitative estimate of drug-likeness (QED) is 0.289. The van der Waals surface area contributed by atoms with Gasteiger partial charge in [0.25, 0.3) is 0 Å². The van der Waals surface area contributed by atoms with Crippen molar-refractivity contribution in [1.29, 1.82) is 0 Å². The average Bonchev–Trinajstić information content (AvgIpc) is 3.53. The second-order valence-corrected chi connectivity index (χ2v) is 8.02. The molecule has 12 nitrogen and oxygen atoms in total. The monoisotopic (exact) mass is 474 g/mol. The van der Waals surface area contributed by atoms with Crippen molar-refractivity contribution in [3.05, 3.63) is 82.9 Å². The Labute approximate surface area is 198 Å². The van der Waals surface area contributed by atoms with Gasteiger partial charge in [-0.25, -0.2) is 9.78 Å². The lowest BCUT2D eigenvalue weighted by Crippen LogP contribution is -2.41. The number of anilines is 2. The van der Waals surface area contributed by atoms with Crippen LogP contribution in [0.25, 0.3) is 11.4 Å². The van der Waals surface area contributed by atoms with Crippen LogP contribution in [0.15, 0.2) is 59.4 Å². The number of benzene rings is 2. The van der Waals surface area contributed by atoms with Crippen LogP contribution in [0.2, 0.25) is 0 Å². The van der Waals surface area contributed by atoms with Crippen LogP contribution < -0.4 is 10.5 Å². The molecule has 4 aromatic rings. The van der Waals surface area contributed by atoms with Gasteiger partial charge in [0.05, 0.1) is 29.9 Å². The van der Waals surface area contributed by atoms with E-state index in [1.165, 1.54) is 19.1 Å². The molecule has 2 amide bonds. The molecule has 0 saturated heterocycles. The van der Waals surface area contributed by atoms with Crippen LogP contribution in [-0.2, 0) is 13.0 Å². The maximum atomic E-state index is 13.3. The number of nitrogens with zero attached hydrogens (tertiary/aromatic N) is 5. The first-order valence-electron chi connectivity index (χ1n) is 10.7. The Hall–Kier alpha value is -4.55. The minimum atomic E-state index is -0.597. The van der Waals surface area contributed by atoms with Crippen molar-refractivity contribution in [2.45, 2.75) is 25.9 Å². The molecule has 0 spiro atoms. The molecule has 0 bridgehead atoms. The molecule has 0 unspecified atom stereocenters. The zero-order chi connectivity index (χ0) is 24.5. The molecule has 3 heterocycles. The normalized spacial score (nSPS) is 14.9. The summed E-state index contributed by atoms with van der Waals surface area (Å²) in [7, 11) is 0. The van der Waals surface area contributed by atoms with Crippen molar-refractivity contribution in [2.24, 2.45) is 0 Å². The second-order valence-electron chi connectivity index (χ2n) is 8.02. The first-order chi connectivity index (χ1) is 16.9. The molecule has 0 saturated carbocycles. The van der Waals surface area contributed by atoms with Crippen LogP contribution in [0.5, 0.6) is 0 Å². The number of carbonyl (C=O) groups is 2. The molecule has 0 aliphatic carbocycles. The summed E-state index contributed by atoms with van der Waals surface area (Å²) in [5.74, 6) is 0.339. The maximum Gasteiger partial charge on any atom is 0.322 e. The number of rotatable bonds is 5. The first-order valence-corrected chi connectivity index (χ1v) is 10.7. The van der Waals surface area contributed by atoms with Gasteiger partial charge in [-0.15, -0.1) is 0 Å². The zero-order valence-corrected chi connectivity index (χ0v) is 18.5. The molecule has 5 rings (SSSR count). The zero-order valence-electron chi connectivity index (χ0n) is 18.5. The highest BCUT2D eigenvalue weighted by atomic mass is 16.8. The summed E-state index contributed by atoms with van der Waals surface area (Å²) in [5.41, 5.74) is 3.14. The Morgan fingerprint density at radius 3 is 2.80 bits per heavy atom. The lowest BCUT2D eigenvalue weighted by molar-refractivity contribution is 0.101. The Bertz CT molecular complexity index is 1380. The molecule has 0 radical (unpaired) electrons. The van der Waals surface area contributed by atoms with Gasteiger partial charge in [-0.2, -0.15) is 4.98 Å². The topological polar surface area (TPSA) is 164 Å². The van der Waals surface area contributed by atoms with E-state index in [1.54, 1.807) is 47.6 Å². The van der Waals surface area contributed by atoms with E-state index in [0.717, 1.165) is 11.4 Å². The van der Waals surface area contributed by atoms with Gasteiger partial charge >= 0.3 is 6.03 Å². The predicted octanol–water partition coefficient (Wildman–Crippen LogP) is 3.69. The third-order valence-corrected chi connectivity index (χ3v) is 5.75. The fourth-order valence-corrected chi connectivity index (χ4v) is 3.91. The molecular formula is C23H20N7O5-. The Morgan fingerprint density at radius 1 is 1.26 bits per heavy atom. The standard InChI is InChI=1S/C23H20N7O5/c1-13(31)14-5-7-16(8-6-14)26-23(32)29-11-19-18(24-12-25-19)10-20(29)22-27-21(28-35-22)15-3-2-4-17(9-15)30(33)34/h2-9,12,20,33H,10-11H2,1H3,(H,24,25)(H,26,32)/q-1/t20-/m0/s1. The number of nitrogens with one attached hydrogen (secondary N) is 2. The third kappa shape index (κ3) is 4.47. The average molecular weight is 474 g/mol. The van der Waals surface area contributed by atoms with Crippen molar-refractivity contribution < 1.29 is 19.3 Å². The third-order valence-electron chi connectivity index (χ3n) is 5.75. The molecule has 12 heteroatoms. The van der Waals surface area contributed by atoms with E-state index in [2.05, 4.69) is 25.4 Å². The molecule has 2 aromatic carbocycles. The Balaban J connectivity index is 1.42. The van der Waals surface area contributed by atoms with Gasteiger partial charge in [0.1, 0.15) is 6.04 Å². The highest BCUT2D eigenvalue weighted by Gasteiger charge is 2.36. The van der Waals surface area contributed by atoms with Gasteiger partial charge in [-0.05, 0) is 43.3 Å². The summed E-state index contributed by atoms with van der Waals surface area (Å²) in [6.07, 6.45) is 1.92. The van der Waals surface area contributed by atoms with Crippen molar-refractivity contribution in [1.82, 2.24) is 25.0 Å². The smallest absolute Gasteiger partial charge is 0.322 e. The lowest BCUT2D eigenvalue weighted by atomic mass is 10.0. The lowest BCUT2D eigenvalue weighted by Gasteiger charge is -2.32. The van der Waals surface area contributed by atoms with Crippen LogP contribution in [0.1, 0.15) is 40.6 Å². The van der Waals surface area contributed by atoms with Crippen molar-refractivity contribution >= 4 is 23.2 Å². The van der Waals surface area contributed by atoms with Crippen molar-refractivity contribution in [3.63, 3.8) is 0 Å². The molecule has 1 aliphatic rings. The summed E-state index contributed by atoms with van der Waals surface area (Å²) >= 11 is 0. The van der Waals surface area contributed by atoms with Gasteiger partial charge in [0, 0.05) is 23.2 Å². The number of amides is 2. The van der Waals surface area contributed by atoms with Gasteiger partial charge in [0.15, 0.2) is 5.78 Å². The summed E-state index contributed by atoms with van der Waals surface area (Å²) in [6.45, 7) is 1.71. The first kappa shape index (κ1) is 22.3. The number of urea groups is 1. The molecule has 178 valence electrons. The number of fused-ring (bicyclic) bond motifs is 1. The number of Topliss-reactive ketones (excluding diaryl/α,β-unsaturated/α-hetero) is 1. The predicted molar refractivity (Wildman–Crippen MR) is 123 cm³/mol. The van der Waals surface area contributed by atoms with E-state index in [1.807, 2.05) is 0 Å². The minimum Gasteiger partial charge on any atom is -0.733 e. The van der Waals surface area contributed by atoms with Crippen LogP contribution in [0.4, 0.5) is 16.2 Å². The number of aromatic nitrogens is 4. The number of carbonyl (C=O) groups excluding carboxylic acids is 2. The van der Waals surface area contributed by atoms with Crippen molar-refractivity contribution in [2.75, 3.05) is 10.5 Å². The van der Waals surface area contributed by atoms with Crippen LogP contribution in [0, 0.1) is 5.21 Å². The summed E-state index contributed by atoms with van der Waals surface area (Å²) < 4.78 is 5.51. The number of aromatic amines is 1. The molecule has 35 heavy (non-hydrogen) atoms.